The molecule has 1 saturated heterocycles. The number of alkyl halides is 2. The van der Waals surface area contributed by atoms with E-state index in [1.807, 2.05) is 13.8 Å². The highest BCUT2D eigenvalue weighted by Gasteiger charge is 2.32. The molecule has 1 aliphatic rings. The maximum atomic E-state index is 12.3. The fraction of sp³-hybridized carbons (Fsp3) is 0.571. The molecule has 1 aliphatic heterocycles. The van der Waals surface area contributed by atoms with Crippen LogP contribution in [0.25, 0.3) is 0 Å². The van der Waals surface area contributed by atoms with Crippen LogP contribution in [0.3, 0.4) is 0 Å². The Morgan fingerprint density at radius 1 is 1.40 bits per heavy atom. The van der Waals surface area contributed by atoms with Crippen molar-refractivity contribution in [3.63, 3.8) is 0 Å². The molecule has 0 bridgehead atoms. The molecule has 4 nitrogen and oxygen atoms in total. The zero-order chi connectivity index (χ0) is 14.6. The molecule has 1 unspecified atom stereocenters. The van der Waals surface area contributed by atoms with Crippen molar-refractivity contribution in [3.8, 4) is 5.75 Å². The van der Waals surface area contributed by atoms with Crippen molar-refractivity contribution < 1.29 is 23.0 Å². The number of halogens is 2. The predicted octanol–water partition coefficient (Wildman–Crippen LogP) is 2.53. The van der Waals surface area contributed by atoms with E-state index in [0.29, 0.717) is 25.3 Å². The molecule has 1 aromatic rings. The summed E-state index contributed by atoms with van der Waals surface area (Å²) in [6.45, 7) is 2.45. The smallest absolute Gasteiger partial charge is 0.387 e. The minimum Gasteiger partial charge on any atom is -0.434 e. The summed E-state index contributed by atoms with van der Waals surface area (Å²) in [5.74, 6) is -0.359. The molecule has 0 amide bonds. The van der Waals surface area contributed by atoms with Crippen molar-refractivity contribution in [2.45, 2.75) is 38.9 Å². The first-order valence-electron chi connectivity index (χ1n) is 6.51. The largest absolute Gasteiger partial charge is 0.434 e. The third kappa shape index (κ3) is 4.40. The molecule has 1 aromatic carbocycles. The summed E-state index contributed by atoms with van der Waals surface area (Å²) in [5.41, 5.74) is 0.686. The Hall–Kier alpha value is -1.24. The summed E-state index contributed by atoms with van der Waals surface area (Å²) in [7, 11) is 0. The monoisotopic (exact) mass is 287 g/mol. The quantitative estimate of drug-likeness (QED) is 0.873. The van der Waals surface area contributed by atoms with Gasteiger partial charge in [-0.3, -0.25) is 0 Å². The van der Waals surface area contributed by atoms with Crippen molar-refractivity contribution in [1.82, 2.24) is 5.32 Å². The van der Waals surface area contributed by atoms with Gasteiger partial charge in [-0.15, -0.1) is 0 Å². The Kier molecular flexibility index (Phi) is 4.91. The molecular weight excluding hydrogens is 268 g/mol. The van der Waals surface area contributed by atoms with Crippen molar-refractivity contribution >= 4 is 0 Å². The van der Waals surface area contributed by atoms with Crippen LogP contribution in [0.2, 0.25) is 0 Å². The van der Waals surface area contributed by atoms with Gasteiger partial charge >= 0.3 is 6.61 Å². The van der Waals surface area contributed by atoms with Crippen LogP contribution < -0.4 is 10.1 Å². The SMILES string of the molecule is CC1(C)OCC(CNCc2ccccc2OC(F)F)O1. The van der Waals surface area contributed by atoms with Crippen LogP contribution >= 0.6 is 0 Å². The Balaban J connectivity index is 1.82. The summed E-state index contributed by atoms with van der Waals surface area (Å²) >= 11 is 0. The van der Waals surface area contributed by atoms with E-state index in [-0.39, 0.29) is 11.9 Å². The number of para-hydroxylation sites is 1. The average molecular weight is 287 g/mol. The molecule has 1 N–H and O–H groups in total. The summed E-state index contributed by atoms with van der Waals surface area (Å²) in [5, 5.41) is 3.17. The lowest BCUT2D eigenvalue weighted by Crippen LogP contribution is -2.30. The zero-order valence-electron chi connectivity index (χ0n) is 11.6. The van der Waals surface area contributed by atoms with Crippen LogP contribution in [0.15, 0.2) is 24.3 Å². The van der Waals surface area contributed by atoms with E-state index in [9.17, 15) is 8.78 Å². The van der Waals surface area contributed by atoms with Crippen molar-refractivity contribution in [1.29, 1.82) is 0 Å². The standard InChI is InChI=1S/C14H19F2NO3/c1-14(2)18-9-11(20-14)8-17-7-10-5-3-4-6-12(10)19-13(15)16/h3-6,11,13,17H,7-9H2,1-2H3. The average Bonchev–Trinajstić information content (AvgIpc) is 2.70. The Bertz CT molecular complexity index is 440. The summed E-state index contributed by atoms with van der Waals surface area (Å²) in [6.07, 6.45) is -0.0341. The van der Waals surface area contributed by atoms with Crippen LogP contribution in [-0.2, 0) is 16.0 Å². The van der Waals surface area contributed by atoms with E-state index >= 15 is 0 Å². The summed E-state index contributed by atoms with van der Waals surface area (Å²) in [4.78, 5) is 0. The van der Waals surface area contributed by atoms with Gasteiger partial charge in [0.15, 0.2) is 5.79 Å². The number of ether oxygens (including phenoxy) is 3. The zero-order valence-corrected chi connectivity index (χ0v) is 11.6. The fourth-order valence-electron chi connectivity index (χ4n) is 2.09. The van der Waals surface area contributed by atoms with E-state index in [4.69, 9.17) is 9.47 Å². The topological polar surface area (TPSA) is 39.7 Å². The lowest BCUT2D eigenvalue weighted by atomic mass is 10.2. The maximum Gasteiger partial charge on any atom is 0.387 e. The molecule has 1 atom stereocenters. The van der Waals surface area contributed by atoms with Crippen LogP contribution in [0.5, 0.6) is 5.75 Å². The van der Waals surface area contributed by atoms with Gasteiger partial charge in [0.25, 0.3) is 0 Å². The Morgan fingerprint density at radius 3 is 2.80 bits per heavy atom. The van der Waals surface area contributed by atoms with Gasteiger partial charge in [-0.05, 0) is 19.9 Å². The third-order valence-electron chi connectivity index (χ3n) is 2.94. The minimum atomic E-state index is -2.82. The third-order valence-corrected chi connectivity index (χ3v) is 2.94. The molecule has 6 heteroatoms. The lowest BCUT2D eigenvalue weighted by molar-refractivity contribution is -0.137. The van der Waals surface area contributed by atoms with Crippen LogP contribution in [-0.4, -0.2) is 31.7 Å². The molecule has 0 radical (unpaired) electrons. The molecule has 20 heavy (non-hydrogen) atoms. The first-order valence-corrected chi connectivity index (χ1v) is 6.51. The van der Waals surface area contributed by atoms with E-state index in [1.54, 1.807) is 18.2 Å². The minimum absolute atomic E-state index is 0.0341. The Labute approximate surface area is 117 Å². The predicted molar refractivity (Wildman–Crippen MR) is 69.7 cm³/mol. The first kappa shape index (κ1) is 15.2. The van der Waals surface area contributed by atoms with Gasteiger partial charge in [-0.25, -0.2) is 0 Å². The molecule has 2 rings (SSSR count). The normalized spacial score (nSPS) is 21.4. The van der Waals surface area contributed by atoms with Gasteiger partial charge in [0.2, 0.25) is 0 Å². The number of hydrogen-bond donors (Lipinski definition) is 1. The second-order valence-electron chi connectivity index (χ2n) is 5.07. The van der Waals surface area contributed by atoms with E-state index < -0.39 is 12.4 Å². The molecule has 1 heterocycles. The molecule has 0 spiro atoms. The fourth-order valence-corrected chi connectivity index (χ4v) is 2.09. The van der Waals surface area contributed by atoms with Crippen LogP contribution in [0, 0.1) is 0 Å². The van der Waals surface area contributed by atoms with Gasteiger partial charge in [0.1, 0.15) is 5.75 Å². The van der Waals surface area contributed by atoms with Gasteiger partial charge in [-0.1, -0.05) is 18.2 Å². The lowest BCUT2D eigenvalue weighted by Gasteiger charge is -2.17. The summed E-state index contributed by atoms with van der Waals surface area (Å²) < 4.78 is 40.1. The number of hydrogen-bond acceptors (Lipinski definition) is 4. The van der Waals surface area contributed by atoms with E-state index in [2.05, 4.69) is 10.1 Å². The number of benzene rings is 1. The molecule has 0 saturated carbocycles. The van der Waals surface area contributed by atoms with Gasteiger partial charge in [0, 0.05) is 18.7 Å². The molecule has 0 aromatic heterocycles. The van der Waals surface area contributed by atoms with Crippen molar-refractivity contribution in [2.24, 2.45) is 0 Å². The number of nitrogens with one attached hydrogen (secondary N) is 1. The van der Waals surface area contributed by atoms with Gasteiger partial charge < -0.3 is 19.5 Å². The highest BCUT2D eigenvalue weighted by atomic mass is 19.3. The van der Waals surface area contributed by atoms with Crippen LogP contribution in [0.1, 0.15) is 19.4 Å². The maximum absolute atomic E-state index is 12.3. The first-order chi connectivity index (χ1) is 9.46. The molecule has 0 aliphatic carbocycles. The van der Waals surface area contributed by atoms with Crippen molar-refractivity contribution in [2.75, 3.05) is 13.2 Å². The van der Waals surface area contributed by atoms with E-state index in [0.717, 1.165) is 0 Å². The second-order valence-corrected chi connectivity index (χ2v) is 5.07. The van der Waals surface area contributed by atoms with Crippen LogP contribution in [0.4, 0.5) is 8.78 Å². The van der Waals surface area contributed by atoms with Gasteiger partial charge in [0.05, 0.1) is 12.7 Å². The summed E-state index contributed by atoms with van der Waals surface area (Å²) in [6, 6.07) is 6.73. The number of rotatable bonds is 6. The van der Waals surface area contributed by atoms with E-state index in [1.165, 1.54) is 6.07 Å². The van der Waals surface area contributed by atoms with Gasteiger partial charge in [-0.2, -0.15) is 8.78 Å². The molecule has 112 valence electrons. The molecular formula is C14H19F2NO3. The Morgan fingerprint density at radius 2 is 2.15 bits per heavy atom. The highest BCUT2D eigenvalue weighted by Crippen LogP contribution is 2.22. The second kappa shape index (κ2) is 6.47. The molecule has 1 fully saturated rings. The highest BCUT2D eigenvalue weighted by molar-refractivity contribution is 5.33. The van der Waals surface area contributed by atoms with Crippen molar-refractivity contribution in [3.05, 3.63) is 29.8 Å².